The van der Waals surface area contributed by atoms with E-state index < -0.39 is 0 Å². The molecule has 0 bridgehead atoms. The second-order valence-electron chi connectivity index (χ2n) is 4.42. The number of hydrogen-bond acceptors (Lipinski definition) is 4. The molecule has 1 aromatic carbocycles. The molecule has 1 aliphatic heterocycles. The molecule has 18 heavy (non-hydrogen) atoms. The normalized spacial score (nSPS) is 13.8. The number of benzene rings is 1. The van der Waals surface area contributed by atoms with E-state index in [1.807, 2.05) is 12.1 Å². The molecule has 1 aliphatic rings. The zero-order valence-corrected chi connectivity index (χ0v) is 9.86. The van der Waals surface area contributed by atoms with E-state index in [0.717, 1.165) is 30.6 Å². The minimum absolute atomic E-state index is 0.228. The second-order valence-corrected chi connectivity index (χ2v) is 4.42. The summed E-state index contributed by atoms with van der Waals surface area (Å²) in [6, 6.07) is 7.30. The zero-order valence-electron chi connectivity index (χ0n) is 9.86. The van der Waals surface area contributed by atoms with Crippen LogP contribution in [0.15, 0.2) is 29.1 Å². The fraction of sp³-hybridized carbons (Fsp3) is 0.231. The minimum atomic E-state index is -0.228. The fourth-order valence-electron chi connectivity index (χ4n) is 2.24. The molecule has 0 saturated heterocycles. The first-order valence-corrected chi connectivity index (χ1v) is 5.96. The van der Waals surface area contributed by atoms with Gasteiger partial charge in [0, 0.05) is 23.9 Å². The summed E-state index contributed by atoms with van der Waals surface area (Å²) in [6.07, 6.45) is 2.17. The van der Waals surface area contributed by atoms with Crippen LogP contribution in [0.1, 0.15) is 12.0 Å². The van der Waals surface area contributed by atoms with E-state index in [9.17, 15) is 4.79 Å². The summed E-state index contributed by atoms with van der Waals surface area (Å²) in [6.45, 7) is 1.01. The van der Waals surface area contributed by atoms with Crippen LogP contribution in [-0.4, -0.2) is 16.5 Å². The van der Waals surface area contributed by atoms with Gasteiger partial charge in [-0.15, -0.1) is 0 Å². The van der Waals surface area contributed by atoms with Gasteiger partial charge in [-0.25, -0.2) is 4.98 Å². The Morgan fingerprint density at radius 2 is 2.17 bits per heavy atom. The number of aromatic nitrogens is 2. The highest BCUT2D eigenvalue weighted by Gasteiger charge is 2.10. The smallest absolute Gasteiger partial charge is 0.253 e. The highest BCUT2D eigenvalue weighted by molar-refractivity contribution is 5.65. The molecule has 0 amide bonds. The molecule has 0 saturated carbocycles. The third-order valence-corrected chi connectivity index (χ3v) is 3.08. The lowest BCUT2D eigenvalue weighted by Gasteiger charge is -2.18. The van der Waals surface area contributed by atoms with E-state index in [0.29, 0.717) is 5.82 Å². The van der Waals surface area contributed by atoms with Crippen molar-refractivity contribution in [1.29, 1.82) is 0 Å². The number of hydrogen-bond donors (Lipinski definition) is 3. The van der Waals surface area contributed by atoms with Gasteiger partial charge in [0.15, 0.2) is 0 Å². The summed E-state index contributed by atoms with van der Waals surface area (Å²) >= 11 is 0. The van der Waals surface area contributed by atoms with Crippen molar-refractivity contribution >= 4 is 11.5 Å². The van der Waals surface area contributed by atoms with Gasteiger partial charge in [-0.05, 0) is 36.6 Å². The van der Waals surface area contributed by atoms with E-state index in [2.05, 4.69) is 21.4 Å². The van der Waals surface area contributed by atoms with Crippen molar-refractivity contribution in [3.8, 4) is 11.4 Å². The van der Waals surface area contributed by atoms with Crippen molar-refractivity contribution in [2.24, 2.45) is 0 Å². The molecule has 5 heteroatoms. The molecule has 0 fully saturated rings. The van der Waals surface area contributed by atoms with Crippen LogP contribution in [0, 0.1) is 0 Å². The third kappa shape index (κ3) is 1.95. The first kappa shape index (κ1) is 10.8. The molecule has 4 N–H and O–H groups in total. The molecule has 2 aromatic rings. The van der Waals surface area contributed by atoms with Crippen LogP contribution < -0.4 is 16.6 Å². The predicted molar refractivity (Wildman–Crippen MR) is 71.5 cm³/mol. The lowest BCUT2D eigenvalue weighted by atomic mass is 10.0. The SMILES string of the molecule is Nc1cc(=O)[nH]c(-c2ccc3c(c2)CCCN3)n1. The van der Waals surface area contributed by atoms with Crippen LogP contribution in [0.4, 0.5) is 11.5 Å². The van der Waals surface area contributed by atoms with E-state index in [1.165, 1.54) is 11.6 Å². The van der Waals surface area contributed by atoms with Crippen molar-refractivity contribution in [1.82, 2.24) is 9.97 Å². The van der Waals surface area contributed by atoms with Gasteiger partial charge >= 0.3 is 0 Å². The lowest BCUT2D eigenvalue weighted by molar-refractivity contribution is 0.830. The molecule has 0 aliphatic carbocycles. The Balaban J connectivity index is 2.08. The summed E-state index contributed by atoms with van der Waals surface area (Å²) in [5.74, 6) is 0.762. The standard InChI is InChI=1S/C13H14N4O/c14-11-7-12(18)17-13(16-11)9-3-4-10-8(6-9)2-1-5-15-10/h3-4,6-7,15H,1-2,5H2,(H3,14,16,17,18). The van der Waals surface area contributed by atoms with Gasteiger partial charge < -0.3 is 16.0 Å². The molecule has 2 heterocycles. The summed E-state index contributed by atoms with van der Waals surface area (Å²) in [5.41, 5.74) is 8.67. The lowest BCUT2D eigenvalue weighted by Crippen LogP contribution is -2.12. The fourth-order valence-corrected chi connectivity index (χ4v) is 2.24. The largest absolute Gasteiger partial charge is 0.385 e. The molecular formula is C13H14N4O. The van der Waals surface area contributed by atoms with Crippen LogP contribution in [0.3, 0.4) is 0 Å². The van der Waals surface area contributed by atoms with E-state index >= 15 is 0 Å². The summed E-state index contributed by atoms with van der Waals surface area (Å²) in [7, 11) is 0. The van der Waals surface area contributed by atoms with Gasteiger partial charge in [0.05, 0.1) is 0 Å². The van der Waals surface area contributed by atoms with Gasteiger partial charge in [0.1, 0.15) is 11.6 Å². The van der Waals surface area contributed by atoms with Crippen molar-refractivity contribution in [3.05, 3.63) is 40.2 Å². The van der Waals surface area contributed by atoms with Crippen LogP contribution in [-0.2, 0) is 6.42 Å². The van der Waals surface area contributed by atoms with Gasteiger partial charge in [-0.1, -0.05) is 0 Å². The average Bonchev–Trinajstić information content (AvgIpc) is 2.37. The Labute approximate surface area is 104 Å². The highest BCUT2D eigenvalue weighted by atomic mass is 16.1. The average molecular weight is 242 g/mol. The molecule has 0 spiro atoms. The predicted octanol–water partition coefficient (Wildman–Crippen LogP) is 1.38. The van der Waals surface area contributed by atoms with Crippen LogP contribution >= 0.6 is 0 Å². The molecule has 1 aromatic heterocycles. The maximum atomic E-state index is 11.4. The van der Waals surface area contributed by atoms with Crippen molar-refractivity contribution in [2.45, 2.75) is 12.8 Å². The number of aryl methyl sites for hydroxylation is 1. The summed E-state index contributed by atoms with van der Waals surface area (Å²) in [4.78, 5) is 18.2. The molecule has 0 unspecified atom stereocenters. The quantitative estimate of drug-likeness (QED) is 0.705. The number of nitrogen functional groups attached to an aromatic ring is 1. The van der Waals surface area contributed by atoms with Gasteiger partial charge in [-0.2, -0.15) is 0 Å². The second kappa shape index (κ2) is 4.18. The minimum Gasteiger partial charge on any atom is -0.385 e. The van der Waals surface area contributed by atoms with Gasteiger partial charge in [0.2, 0.25) is 0 Å². The first-order valence-electron chi connectivity index (χ1n) is 5.96. The zero-order chi connectivity index (χ0) is 12.5. The molecule has 0 atom stereocenters. The summed E-state index contributed by atoms with van der Waals surface area (Å²) < 4.78 is 0. The maximum Gasteiger partial charge on any atom is 0.253 e. The summed E-state index contributed by atoms with van der Waals surface area (Å²) in [5, 5.41) is 3.35. The third-order valence-electron chi connectivity index (χ3n) is 3.08. The Bertz CT molecular complexity index is 648. The van der Waals surface area contributed by atoms with E-state index in [1.54, 1.807) is 0 Å². The molecular weight excluding hydrogens is 228 g/mol. The van der Waals surface area contributed by atoms with Gasteiger partial charge in [-0.3, -0.25) is 4.79 Å². The van der Waals surface area contributed by atoms with Crippen LogP contribution in [0.2, 0.25) is 0 Å². The van der Waals surface area contributed by atoms with Crippen LogP contribution in [0.5, 0.6) is 0 Å². The number of aromatic amines is 1. The molecule has 3 rings (SSSR count). The number of H-pyrrole nitrogens is 1. The van der Waals surface area contributed by atoms with E-state index in [-0.39, 0.29) is 11.4 Å². The number of nitrogens with one attached hydrogen (secondary N) is 2. The van der Waals surface area contributed by atoms with Crippen LogP contribution in [0.25, 0.3) is 11.4 Å². The number of nitrogens with zero attached hydrogens (tertiary/aromatic N) is 1. The maximum absolute atomic E-state index is 11.4. The van der Waals surface area contributed by atoms with Gasteiger partial charge in [0.25, 0.3) is 5.56 Å². The Morgan fingerprint density at radius 1 is 1.28 bits per heavy atom. The number of fused-ring (bicyclic) bond motifs is 1. The number of anilines is 2. The molecule has 5 nitrogen and oxygen atoms in total. The Morgan fingerprint density at radius 3 is 3.00 bits per heavy atom. The monoisotopic (exact) mass is 242 g/mol. The number of nitrogens with two attached hydrogens (primary N) is 1. The topological polar surface area (TPSA) is 83.8 Å². The van der Waals surface area contributed by atoms with Crippen molar-refractivity contribution in [3.63, 3.8) is 0 Å². The Kier molecular flexibility index (Phi) is 2.51. The molecule has 92 valence electrons. The first-order chi connectivity index (χ1) is 8.72. The number of rotatable bonds is 1. The van der Waals surface area contributed by atoms with Crippen molar-refractivity contribution in [2.75, 3.05) is 17.6 Å². The van der Waals surface area contributed by atoms with E-state index in [4.69, 9.17) is 5.73 Å². The Hall–Kier alpha value is -2.30. The van der Waals surface area contributed by atoms with Crippen molar-refractivity contribution < 1.29 is 0 Å². The molecule has 0 radical (unpaired) electrons. The highest BCUT2D eigenvalue weighted by Crippen LogP contribution is 2.26.